The normalized spacial score (nSPS) is 14.7. The summed E-state index contributed by atoms with van der Waals surface area (Å²) in [6, 6.07) is 31.4. The second kappa shape index (κ2) is 20.3. The summed E-state index contributed by atoms with van der Waals surface area (Å²) in [5, 5.41) is 13.0. The lowest BCUT2D eigenvalue weighted by molar-refractivity contribution is -0.117. The van der Waals surface area contributed by atoms with Crippen LogP contribution in [0.1, 0.15) is 41.5 Å². The van der Waals surface area contributed by atoms with Crippen LogP contribution in [0.15, 0.2) is 97.1 Å². The van der Waals surface area contributed by atoms with Crippen LogP contribution in [0.4, 0.5) is 23.0 Å². The Hall–Kier alpha value is -5.26. The van der Waals surface area contributed by atoms with Crippen LogP contribution in [-0.4, -0.2) is 86.1 Å². The molecule has 4 aromatic carbocycles. The molecule has 0 saturated carbocycles. The molecule has 0 unspecified atom stereocenters. The van der Waals surface area contributed by atoms with E-state index in [-0.39, 0.29) is 11.8 Å². The quantitative estimate of drug-likeness (QED) is 0.126. The maximum atomic E-state index is 12.4. The fourth-order valence-corrected chi connectivity index (χ4v) is 7.92. The predicted molar refractivity (Wildman–Crippen MR) is 249 cm³/mol. The molecule has 12 heteroatoms. The van der Waals surface area contributed by atoms with E-state index in [1.54, 1.807) is 0 Å². The van der Waals surface area contributed by atoms with Gasteiger partial charge in [-0.3, -0.25) is 9.59 Å². The minimum Gasteiger partial charge on any atom is -0.355 e. The standard InChI is InChI=1S/C25H29ClN4O.C23H25ClN4O/c1-18-16-24(30-13-3-12-29(2)14-15-30)28-23-10-9-21(17-22(18)23)27-25(31)11-6-19-4-7-20(26)8-5-19;1-16-14-22(28-12-10-25-11-13-28)27-21-8-7-19(15-20(16)21)26-23(29)9-4-17-2-5-18(24)6-3-17/h4-5,7-10,16-17H,3,6,11-15H2,1-2H3,(H,27,31);2-3,5-8,14-15,25H,4,9-13H2,1H3,(H,26,29). The third kappa shape index (κ3) is 11.7. The van der Waals surface area contributed by atoms with Crippen molar-refractivity contribution in [3.63, 3.8) is 0 Å². The fraction of sp³-hybridized carbons (Fsp3) is 0.333. The molecule has 2 aliphatic rings. The van der Waals surface area contributed by atoms with Crippen LogP contribution in [0.25, 0.3) is 21.8 Å². The highest BCUT2D eigenvalue weighted by Gasteiger charge is 2.17. The van der Waals surface area contributed by atoms with E-state index in [0.29, 0.717) is 35.7 Å². The van der Waals surface area contributed by atoms with Gasteiger partial charge in [0, 0.05) is 90.8 Å². The van der Waals surface area contributed by atoms with Gasteiger partial charge in [-0.05, 0) is 142 Å². The van der Waals surface area contributed by atoms with E-state index in [2.05, 4.69) is 63.7 Å². The largest absolute Gasteiger partial charge is 0.355 e. The fourth-order valence-electron chi connectivity index (χ4n) is 7.67. The zero-order valence-electron chi connectivity index (χ0n) is 34.7. The molecule has 0 radical (unpaired) electrons. The van der Waals surface area contributed by atoms with Gasteiger partial charge in [0.1, 0.15) is 11.6 Å². The van der Waals surface area contributed by atoms with Crippen molar-refractivity contribution in [3.8, 4) is 0 Å². The van der Waals surface area contributed by atoms with Crippen molar-refractivity contribution in [2.24, 2.45) is 0 Å². The molecular weight excluding hydrogens is 791 g/mol. The number of piperazine rings is 1. The molecule has 2 aliphatic heterocycles. The maximum Gasteiger partial charge on any atom is 0.224 e. The number of halogens is 2. The Kier molecular flexibility index (Phi) is 14.5. The number of aryl methyl sites for hydroxylation is 4. The Morgan fingerprint density at radius 3 is 1.55 bits per heavy atom. The average Bonchev–Trinajstić information content (AvgIpc) is 3.48. The molecule has 4 heterocycles. The molecule has 6 aromatic rings. The molecule has 10 nitrogen and oxygen atoms in total. The van der Waals surface area contributed by atoms with Crippen LogP contribution in [0.5, 0.6) is 0 Å². The van der Waals surface area contributed by atoms with Crippen molar-refractivity contribution in [1.29, 1.82) is 0 Å². The van der Waals surface area contributed by atoms with E-state index in [0.717, 1.165) is 115 Å². The van der Waals surface area contributed by atoms with Crippen molar-refractivity contribution in [2.75, 3.05) is 79.8 Å². The van der Waals surface area contributed by atoms with E-state index in [1.165, 1.54) is 11.1 Å². The molecule has 312 valence electrons. The topological polar surface area (TPSA) is 106 Å². The van der Waals surface area contributed by atoms with Gasteiger partial charge in [-0.15, -0.1) is 0 Å². The second-order valence-corrected chi connectivity index (χ2v) is 16.7. The Balaban J connectivity index is 0.000000182. The van der Waals surface area contributed by atoms with Crippen LogP contribution in [0.2, 0.25) is 10.0 Å². The molecule has 0 aliphatic carbocycles. The molecule has 0 spiro atoms. The first kappa shape index (κ1) is 42.8. The van der Waals surface area contributed by atoms with E-state index in [4.69, 9.17) is 33.2 Å². The molecule has 0 atom stereocenters. The number of rotatable bonds is 10. The SMILES string of the molecule is Cc1cc(N2CCCN(C)CC2)nc2ccc(NC(=O)CCc3ccc(Cl)cc3)cc12.Cc1cc(N2CCNCC2)nc2ccc(NC(=O)CCc3ccc(Cl)cc3)cc12. The Morgan fingerprint density at radius 1 is 0.600 bits per heavy atom. The molecule has 2 fully saturated rings. The molecule has 60 heavy (non-hydrogen) atoms. The number of nitrogens with one attached hydrogen (secondary N) is 3. The molecular formula is C48H54Cl2N8O2. The maximum absolute atomic E-state index is 12.4. The number of benzene rings is 4. The van der Waals surface area contributed by atoms with Crippen molar-refractivity contribution in [1.82, 2.24) is 20.2 Å². The second-order valence-electron chi connectivity index (χ2n) is 15.8. The third-order valence-electron chi connectivity index (χ3n) is 11.2. The van der Waals surface area contributed by atoms with Gasteiger partial charge >= 0.3 is 0 Å². The van der Waals surface area contributed by atoms with Gasteiger partial charge < -0.3 is 30.7 Å². The number of amides is 2. The minimum absolute atomic E-state index is 0.00218. The van der Waals surface area contributed by atoms with Crippen molar-refractivity contribution < 1.29 is 9.59 Å². The predicted octanol–water partition coefficient (Wildman–Crippen LogP) is 9.09. The monoisotopic (exact) mass is 844 g/mol. The molecule has 8 rings (SSSR count). The zero-order valence-corrected chi connectivity index (χ0v) is 36.3. The van der Waals surface area contributed by atoms with Gasteiger partial charge in [0.15, 0.2) is 0 Å². The number of aromatic nitrogens is 2. The van der Waals surface area contributed by atoms with Crippen LogP contribution < -0.4 is 25.8 Å². The van der Waals surface area contributed by atoms with Gasteiger partial charge in [0.2, 0.25) is 11.8 Å². The van der Waals surface area contributed by atoms with Gasteiger partial charge in [0.05, 0.1) is 11.0 Å². The highest BCUT2D eigenvalue weighted by atomic mass is 35.5. The third-order valence-corrected chi connectivity index (χ3v) is 11.7. The number of nitrogens with zero attached hydrogens (tertiary/aromatic N) is 5. The smallest absolute Gasteiger partial charge is 0.224 e. The van der Waals surface area contributed by atoms with Gasteiger partial charge in [-0.2, -0.15) is 0 Å². The summed E-state index contributed by atoms with van der Waals surface area (Å²) in [5.74, 6) is 2.07. The molecule has 2 saturated heterocycles. The highest BCUT2D eigenvalue weighted by molar-refractivity contribution is 6.30. The summed E-state index contributed by atoms with van der Waals surface area (Å²) in [6.07, 6.45) is 3.38. The number of hydrogen-bond acceptors (Lipinski definition) is 8. The summed E-state index contributed by atoms with van der Waals surface area (Å²) < 4.78 is 0. The number of carbonyl (C=O) groups is 2. The molecule has 0 bridgehead atoms. The van der Waals surface area contributed by atoms with Gasteiger partial charge in [-0.25, -0.2) is 9.97 Å². The van der Waals surface area contributed by atoms with Crippen molar-refractivity contribution in [3.05, 3.63) is 129 Å². The lowest BCUT2D eigenvalue weighted by atomic mass is 10.1. The Bertz CT molecular complexity index is 2420. The summed E-state index contributed by atoms with van der Waals surface area (Å²) in [6.45, 7) is 12.3. The number of likely N-dealkylation sites (N-methyl/N-ethyl adjacent to an activating group) is 1. The van der Waals surface area contributed by atoms with Gasteiger partial charge in [-0.1, -0.05) is 47.5 Å². The lowest BCUT2D eigenvalue weighted by Gasteiger charge is -2.29. The van der Waals surface area contributed by atoms with Crippen molar-refractivity contribution in [2.45, 2.75) is 46.0 Å². The number of fused-ring (bicyclic) bond motifs is 2. The average molecular weight is 846 g/mol. The summed E-state index contributed by atoms with van der Waals surface area (Å²) >= 11 is 11.8. The van der Waals surface area contributed by atoms with Crippen LogP contribution in [0, 0.1) is 13.8 Å². The first-order chi connectivity index (χ1) is 29.1. The van der Waals surface area contributed by atoms with E-state index >= 15 is 0 Å². The van der Waals surface area contributed by atoms with Crippen LogP contribution in [0.3, 0.4) is 0 Å². The zero-order chi connectivity index (χ0) is 42.0. The van der Waals surface area contributed by atoms with E-state index in [1.807, 2.05) is 84.9 Å². The van der Waals surface area contributed by atoms with Crippen LogP contribution in [-0.2, 0) is 22.4 Å². The Labute approximate surface area is 363 Å². The number of pyridine rings is 2. The molecule has 2 amide bonds. The van der Waals surface area contributed by atoms with E-state index < -0.39 is 0 Å². The summed E-state index contributed by atoms with van der Waals surface area (Å²) in [7, 11) is 2.17. The first-order valence-corrected chi connectivity index (χ1v) is 21.6. The minimum atomic E-state index is 0.00218. The van der Waals surface area contributed by atoms with Crippen LogP contribution >= 0.6 is 23.2 Å². The number of anilines is 4. The lowest BCUT2D eigenvalue weighted by Crippen LogP contribution is -2.43. The van der Waals surface area contributed by atoms with Gasteiger partial charge in [0.25, 0.3) is 0 Å². The summed E-state index contributed by atoms with van der Waals surface area (Å²) in [5.41, 5.74) is 8.08. The summed E-state index contributed by atoms with van der Waals surface area (Å²) in [4.78, 5) is 41.6. The molecule has 2 aromatic heterocycles. The van der Waals surface area contributed by atoms with Crippen molar-refractivity contribution >= 4 is 79.8 Å². The first-order valence-electron chi connectivity index (χ1n) is 20.9. The van der Waals surface area contributed by atoms with E-state index in [9.17, 15) is 9.59 Å². The Morgan fingerprint density at radius 2 is 1.07 bits per heavy atom. The molecule has 3 N–H and O–H groups in total. The number of carbonyl (C=O) groups excluding carboxylic acids is 2. The highest BCUT2D eigenvalue weighted by Crippen LogP contribution is 2.28. The number of hydrogen-bond donors (Lipinski definition) is 3.